The first kappa shape index (κ1) is 12.4. The lowest BCUT2D eigenvalue weighted by Crippen LogP contribution is -2.68. The molecule has 1 aromatic carbocycles. The molecule has 0 aliphatic carbocycles. The van der Waals surface area contributed by atoms with Gasteiger partial charge >= 0.3 is 0 Å². The summed E-state index contributed by atoms with van der Waals surface area (Å²) in [6.45, 7) is 2.25. The molecular weight excluding hydrogens is 200 g/mol. The Hall–Kier alpha value is -0.643. The quantitative estimate of drug-likeness (QED) is 0.714. The first-order valence-corrected chi connectivity index (χ1v) is 7.93. The van der Waals surface area contributed by atoms with Crippen molar-refractivity contribution in [1.82, 2.24) is 9.96 Å². The Balaban J connectivity index is 2.89. The van der Waals surface area contributed by atoms with Gasteiger partial charge in [-0.3, -0.25) is 0 Å². The van der Waals surface area contributed by atoms with E-state index in [1.165, 1.54) is 24.1 Å². The lowest BCUT2D eigenvalue weighted by molar-refractivity contribution is 0.838. The summed E-state index contributed by atoms with van der Waals surface area (Å²) in [6.07, 6.45) is 2.54. The minimum absolute atomic E-state index is 1.25. The summed E-state index contributed by atoms with van der Waals surface area (Å²) >= 11 is 0. The van der Waals surface area contributed by atoms with Crippen LogP contribution in [0.2, 0.25) is 6.04 Å². The Morgan fingerprint density at radius 1 is 1.07 bits per heavy atom. The van der Waals surface area contributed by atoms with Gasteiger partial charge in [0.25, 0.3) is 0 Å². The molecule has 0 radical (unpaired) electrons. The first-order chi connectivity index (χ1) is 7.29. The third-order valence-corrected chi connectivity index (χ3v) is 7.16. The van der Waals surface area contributed by atoms with E-state index in [4.69, 9.17) is 0 Å². The summed E-state index contributed by atoms with van der Waals surface area (Å²) in [6, 6.07) is 12.0. The summed E-state index contributed by atoms with van der Waals surface area (Å²) < 4.78 is 0. The largest absolute Gasteiger partial charge is 0.325 e. The SMILES string of the molecule is CCCC[Si](NC)(NC)c1ccccc1. The Kier molecular flexibility index (Phi) is 5.01. The number of hydrogen-bond donors (Lipinski definition) is 2. The van der Waals surface area contributed by atoms with Crippen LogP contribution >= 0.6 is 0 Å². The van der Waals surface area contributed by atoms with Gasteiger partial charge in [-0.15, -0.1) is 0 Å². The molecule has 2 N–H and O–H groups in total. The summed E-state index contributed by atoms with van der Waals surface area (Å²) in [5, 5.41) is 1.45. The van der Waals surface area contributed by atoms with E-state index in [2.05, 4.69) is 61.3 Å². The van der Waals surface area contributed by atoms with Gasteiger partial charge in [0.1, 0.15) is 0 Å². The molecule has 3 heteroatoms. The number of nitrogens with one attached hydrogen (secondary N) is 2. The van der Waals surface area contributed by atoms with Crippen LogP contribution in [0.15, 0.2) is 30.3 Å². The van der Waals surface area contributed by atoms with Gasteiger partial charge in [-0.25, -0.2) is 0 Å². The summed E-state index contributed by atoms with van der Waals surface area (Å²) in [7, 11) is 2.51. The van der Waals surface area contributed by atoms with Crippen LogP contribution in [0, 0.1) is 0 Å². The molecule has 0 saturated heterocycles. The zero-order valence-electron chi connectivity index (χ0n) is 10.0. The van der Waals surface area contributed by atoms with E-state index in [9.17, 15) is 0 Å². The van der Waals surface area contributed by atoms with Gasteiger partial charge in [0.15, 0.2) is 0 Å². The van der Waals surface area contributed by atoms with Gasteiger partial charge in [0.05, 0.1) is 0 Å². The third kappa shape index (κ3) is 2.90. The highest BCUT2D eigenvalue weighted by Crippen LogP contribution is 2.07. The predicted octanol–water partition coefficient (Wildman–Crippen LogP) is 1.57. The second-order valence-electron chi connectivity index (χ2n) is 3.87. The molecule has 0 spiro atoms. The van der Waals surface area contributed by atoms with E-state index in [0.717, 1.165) is 0 Å². The van der Waals surface area contributed by atoms with Crippen molar-refractivity contribution in [3.63, 3.8) is 0 Å². The third-order valence-electron chi connectivity index (χ3n) is 3.03. The van der Waals surface area contributed by atoms with Crippen LogP contribution in [-0.4, -0.2) is 22.5 Å². The highest BCUT2D eigenvalue weighted by Gasteiger charge is 2.31. The van der Waals surface area contributed by atoms with Crippen LogP contribution in [0.4, 0.5) is 0 Å². The lowest BCUT2D eigenvalue weighted by atomic mass is 10.4. The van der Waals surface area contributed by atoms with E-state index in [-0.39, 0.29) is 0 Å². The summed E-state index contributed by atoms with van der Waals surface area (Å²) in [4.78, 5) is 7.09. The number of hydrogen-bond acceptors (Lipinski definition) is 2. The predicted molar refractivity (Wildman–Crippen MR) is 69.7 cm³/mol. The summed E-state index contributed by atoms with van der Waals surface area (Å²) in [5.74, 6) is 0. The summed E-state index contributed by atoms with van der Waals surface area (Å²) in [5.41, 5.74) is 0. The first-order valence-electron chi connectivity index (χ1n) is 5.72. The van der Waals surface area contributed by atoms with Crippen molar-refractivity contribution in [1.29, 1.82) is 0 Å². The number of unbranched alkanes of at least 4 members (excludes halogenated alkanes) is 1. The van der Waals surface area contributed by atoms with Crippen LogP contribution < -0.4 is 15.2 Å². The van der Waals surface area contributed by atoms with Crippen LogP contribution in [0.3, 0.4) is 0 Å². The van der Waals surface area contributed by atoms with E-state index in [1.807, 2.05) is 0 Å². The normalized spacial score (nSPS) is 11.7. The monoisotopic (exact) mass is 222 g/mol. The van der Waals surface area contributed by atoms with Gasteiger partial charge in [-0.05, 0) is 25.3 Å². The second-order valence-corrected chi connectivity index (χ2v) is 7.76. The molecule has 15 heavy (non-hydrogen) atoms. The molecule has 0 aliphatic rings. The van der Waals surface area contributed by atoms with Crippen molar-refractivity contribution < 1.29 is 0 Å². The fourth-order valence-electron chi connectivity index (χ4n) is 1.97. The minimum atomic E-state index is -1.64. The van der Waals surface area contributed by atoms with E-state index in [0.29, 0.717) is 0 Å². The van der Waals surface area contributed by atoms with Gasteiger partial charge in [0.2, 0.25) is 8.40 Å². The molecule has 0 heterocycles. The van der Waals surface area contributed by atoms with Crippen LogP contribution in [0.1, 0.15) is 19.8 Å². The number of rotatable bonds is 6. The van der Waals surface area contributed by atoms with Crippen molar-refractivity contribution in [3.8, 4) is 0 Å². The zero-order chi connectivity index (χ0) is 11.1. The van der Waals surface area contributed by atoms with Crippen molar-refractivity contribution in [3.05, 3.63) is 30.3 Å². The molecule has 1 rings (SSSR count). The van der Waals surface area contributed by atoms with Gasteiger partial charge in [-0.2, -0.15) is 0 Å². The molecule has 0 aromatic heterocycles. The van der Waals surface area contributed by atoms with Gasteiger partial charge in [0, 0.05) is 0 Å². The van der Waals surface area contributed by atoms with E-state index in [1.54, 1.807) is 0 Å². The molecular formula is C12H22N2Si. The maximum atomic E-state index is 3.54. The van der Waals surface area contributed by atoms with Crippen LogP contribution in [-0.2, 0) is 0 Å². The molecule has 0 atom stereocenters. The molecule has 1 aromatic rings. The Morgan fingerprint density at radius 3 is 2.13 bits per heavy atom. The maximum Gasteiger partial charge on any atom is 0.233 e. The highest BCUT2D eigenvalue weighted by atomic mass is 28.3. The van der Waals surface area contributed by atoms with Crippen molar-refractivity contribution in [2.75, 3.05) is 14.1 Å². The second kappa shape index (κ2) is 6.05. The average molecular weight is 222 g/mol. The van der Waals surface area contributed by atoms with Gasteiger partial charge < -0.3 is 9.96 Å². The van der Waals surface area contributed by atoms with Crippen molar-refractivity contribution in [2.45, 2.75) is 25.8 Å². The lowest BCUT2D eigenvalue weighted by Gasteiger charge is -2.30. The Labute approximate surface area is 94.3 Å². The molecule has 0 unspecified atom stereocenters. The minimum Gasteiger partial charge on any atom is -0.325 e. The zero-order valence-corrected chi connectivity index (χ0v) is 11.0. The number of benzene rings is 1. The topological polar surface area (TPSA) is 24.1 Å². The molecule has 2 nitrogen and oxygen atoms in total. The van der Waals surface area contributed by atoms with Crippen LogP contribution in [0.5, 0.6) is 0 Å². The molecule has 84 valence electrons. The molecule has 0 amide bonds. The molecule has 0 fully saturated rings. The molecule has 0 saturated carbocycles. The Bertz CT molecular complexity index is 270. The Morgan fingerprint density at radius 2 is 1.67 bits per heavy atom. The smallest absolute Gasteiger partial charge is 0.233 e. The van der Waals surface area contributed by atoms with E-state index >= 15 is 0 Å². The fourth-order valence-corrected chi connectivity index (χ4v) is 5.23. The standard InChI is InChI=1S/C12H22N2Si/c1-4-5-11-15(13-2,14-3)12-9-7-6-8-10-12/h6-10,13-14H,4-5,11H2,1-3H3. The van der Waals surface area contributed by atoms with Crippen LogP contribution in [0.25, 0.3) is 0 Å². The van der Waals surface area contributed by atoms with Crippen molar-refractivity contribution in [2.24, 2.45) is 0 Å². The fraction of sp³-hybridized carbons (Fsp3) is 0.500. The highest BCUT2D eigenvalue weighted by molar-refractivity contribution is 6.87. The van der Waals surface area contributed by atoms with Gasteiger partial charge in [-0.1, -0.05) is 50.1 Å². The molecule has 0 aliphatic heterocycles. The van der Waals surface area contributed by atoms with E-state index < -0.39 is 8.40 Å². The average Bonchev–Trinajstić information content (AvgIpc) is 2.33. The van der Waals surface area contributed by atoms with Crippen molar-refractivity contribution >= 4 is 13.6 Å². The maximum absolute atomic E-state index is 3.54. The molecule has 0 bridgehead atoms.